The summed E-state index contributed by atoms with van der Waals surface area (Å²) in [4.78, 5) is 4.11. The fourth-order valence-corrected chi connectivity index (χ4v) is 1.33. The number of halogens is 1. The molecule has 70 valence electrons. The van der Waals surface area contributed by atoms with Gasteiger partial charge < -0.3 is 5.21 Å². The van der Waals surface area contributed by atoms with Crippen LogP contribution in [0.25, 0.3) is 11.3 Å². The van der Waals surface area contributed by atoms with E-state index in [0.29, 0.717) is 10.7 Å². The zero-order valence-electron chi connectivity index (χ0n) is 7.22. The fourth-order valence-electron chi connectivity index (χ4n) is 1.17. The average Bonchev–Trinajstić information content (AvgIpc) is 2.18. The van der Waals surface area contributed by atoms with Crippen molar-refractivity contribution in [1.82, 2.24) is 4.98 Å². The minimum absolute atomic E-state index is 0.608. The second kappa shape index (κ2) is 3.64. The first-order chi connectivity index (χ1) is 6.75. The van der Waals surface area contributed by atoms with Gasteiger partial charge in [-0.1, -0.05) is 11.6 Å². The molecular formula is C10H7ClN2O. The van der Waals surface area contributed by atoms with Gasteiger partial charge in [0.05, 0.1) is 11.3 Å². The molecule has 0 aromatic carbocycles. The van der Waals surface area contributed by atoms with E-state index in [4.69, 9.17) is 11.6 Å². The molecule has 0 atom stereocenters. The highest BCUT2D eigenvalue weighted by Crippen LogP contribution is 2.17. The van der Waals surface area contributed by atoms with E-state index in [-0.39, 0.29) is 0 Å². The zero-order chi connectivity index (χ0) is 9.97. The third kappa shape index (κ3) is 1.83. The molecule has 0 unspecified atom stereocenters. The molecule has 3 nitrogen and oxygen atoms in total. The summed E-state index contributed by atoms with van der Waals surface area (Å²) in [6.07, 6.45) is 4.49. The molecule has 0 saturated carbocycles. The van der Waals surface area contributed by atoms with Crippen LogP contribution >= 0.6 is 11.6 Å². The van der Waals surface area contributed by atoms with Crippen LogP contribution in [0, 0.1) is 5.21 Å². The molecule has 2 rings (SSSR count). The van der Waals surface area contributed by atoms with Gasteiger partial charge in [-0.2, -0.15) is 4.73 Å². The molecule has 0 bridgehead atoms. The highest BCUT2D eigenvalue weighted by atomic mass is 35.5. The Kier molecular flexibility index (Phi) is 2.33. The molecule has 4 heteroatoms. The summed E-state index contributed by atoms with van der Waals surface area (Å²) in [5, 5.41) is 11.6. The summed E-state index contributed by atoms with van der Waals surface area (Å²) in [5.74, 6) is 0. The van der Waals surface area contributed by atoms with Crippen molar-refractivity contribution in [3.63, 3.8) is 0 Å². The van der Waals surface area contributed by atoms with Gasteiger partial charge in [-0.3, -0.25) is 4.98 Å². The Morgan fingerprint density at radius 1 is 1.36 bits per heavy atom. The van der Waals surface area contributed by atoms with Gasteiger partial charge >= 0.3 is 0 Å². The number of hydrogen-bond acceptors (Lipinski definition) is 2. The molecule has 14 heavy (non-hydrogen) atoms. The summed E-state index contributed by atoms with van der Waals surface area (Å²) in [6.45, 7) is 0. The van der Waals surface area contributed by atoms with Gasteiger partial charge in [0, 0.05) is 17.3 Å². The molecule has 2 heterocycles. The lowest BCUT2D eigenvalue weighted by atomic mass is 10.2. The number of hydrogen-bond donors (Lipinski definition) is 0. The Morgan fingerprint density at radius 2 is 2.21 bits per heavy atom. The molecule has 0 amide bonds. The van der Waals surface area contributed by atoms with E-state index in [1.165, 1.54) is 12.4 Å². The summed E-state index contributed by atoms with van der Waals surface area (Å²) in [6, 6.07) is 6.90. The Bertz CT molecular complexity index is 416. The predicted octanol–water partition coefficient (Wildman–Crippen LogP) is 2.04. The third-order valence-electron chi connectivity index (χ3n) is 1.79. The van der Waals surface area contributed by atoms with Crippen LogP contribution in [-0.2, 0) is 0 Å². The first kappa shape index (κ1) is 8.97. The largest absolute Gasteiger partial charge is 0.619 e. The summed E-state index contributed by atoms with van der Waals surface area (Å²) < 4.78 is 0.734. The number of rotatable bonds is 1. The molecule has 2 aromatic heterocycles. The summed E-state index contributed by atoms with van der Waals surface area (Å²) >= 11 is 5.81. The lowest BCUT2D eigenvalue weighted by molar-refractivity contribution is -0.604. The van der Waals surface area contributed by atoms with Crippen LogP contribution < -0.4 is 4.73 Å². The van der Waals surface area contributed by atoms with Crippen LogP contribution in [0.4, 0.5) is 0 Å². The molecule has 0 spiro atoms. The van der Waals surface area contributed by atoms with E-state index in [1.54, 1.807) is 24.4 Å². The van der Waals surface area contributed by atoms with Gasteiger partial charge in [-0.15, -0.1) is 0 Å². The van der Waals surface area contributed by atoms with Gasteiger partial charge in [0.1, 0.15) is 0 Å². The SMILES string of the molecule is [O-][n+]1cccc(-c2cc(Cl)ccn2)c1. The fraction of sp³-hybridized carbons (Fsp3) is 0. The Morgan fingerprint density at radius 3 is 2.93 bits per heavy atom. The maximum Gasteiger partial charge on any atom is 0.189 e. The number of aromatic nitrogens is 2. The van der Waals surface area contributed by atoms with Crippen molar-refractivity contribution in [2.75, 3.05) is 0 Å². The van der Waals surface area contributed by atoms with Crippen LogP contribution in [0.1, 0.15) is 0 Å². The maximum absolute atomic E-state index is 11.0. The van der Waals surface area contributed by atoms with E-state index in [9.17, 15) is 5.21 Å². The lowest BCUT2D eigenvalue weighted by Crippen LogP contribution is -2.24. The minimum atomic E-state index is 0.608. The van der Waals surface area contributed by atoms with Crippen LogP contribution in [0.3, 0.4) is 0 Å². The van der Waals surface area contributed by atoms with Crippen molar-refractivity contribution < 1.29 is 4.73 Å². The Balaban J connectivity index is 2.49. The zero-order valence-corrected chi connectivity index (χ0v) is 7.98. The first-order valence-electron chi connectivity index (χ1n) is 4.06. The molecular weight excluding hydrogens is 200 g/mol. The first-order valence-corrected chi connectivity index (χ1v) is 4.44. The summed E-state index contributed by atoms with van der Waals surface area (Å²) in [7, 11) is 0. The van der Waals surface area contributed by atoms with E-state index in [2.05, 4.69) is 4.98 Å². The van der Waals surface area contributed by atoms with Gasteiger partial charge in [0.15, 0.2) is 12.4 Å². The topological polar surface area (TPSA) is 39.8 Å². The normalized spacial score (nSPS) is 10.1. The highest BCUT2D eigenvalue weighted by Gasteiger charge is 2.02. The van der Waals surface area contributed by atoms with Crippen LogP contribution in [0.5, 0.6) is 0 Å². The quantitative estimate of drug-likeness (QED) is 0.529. The van der Waals surface area contributed by atoms with Crippen molar-refractivity contribution in [3.05, 3.63) is 53.1 Å². The Hall–Kier alpha value is -1.61. The molecule has 0 aliphatic carbocycles. The summed E-state index contributed by atoms with van der Waals surface area (Å²) in [5.41, 5.74) is 1.45. The van der Waals surface area contributed by atoms with Gasteiger partial charge in [0.2, 0.25) is 0 Å². The average molecular weight is 207 g/mol. The smallest absolute Gasteiger partial charge is 0.189 e. The van der Waals surface area contributed by atoms with Gasteiger partial charge in [-0.25, -0.2) is 0 Å². The van der Waals surface area contributed by atoms with Crippen LogP contribution in [0.15, 0.2) is 42.9 Å². The van der Waals surface area contributed by atoms with Crippen molar-refractivity contribution in [3.8, 4) is 11.3 Å². The van der Waals surface area contributed by atoms with Crippen LogP contribution in [0.2, 0.25) is 5.02 Å². The van der Waals surface area contributed by atoms with Crippen molar-refractivity contribution in [2.24, 2.45) is 0 Å². The highest BCUT2D eigenvalue weighted by molar-refractivity contribution is 6.30. The standard InChI is InChI=1S/C10H7ClN2O/c11-9-3-4-12-10(6-9)8-2-1-5-13(14)7-8/h1-7H. The monoisotopic (exact) mass is 206 g/mol. The second-order valence-electron chi connectivity index (χ2n) is 2.81. The number of pyridine rings is 2. The van der Waals surface area contributed by atoms with Crippen molar-refractivity contribution in [2.45, 2.75) is 0 Å². The maximum atomic E-state index is 11.0. The molecule has 0 radical (unpaired) electrons. The predicted molar refractivity (Wildman–Crippen MR) is 53.6 cm³/mol. The minimum Gasteiger partial charge on any atom is -0.619 e. The van der Waals surface area contributed by atoms with E-state index in [1.807, 2.05) is 6.07 Å². The van der Waals surface area contributed by atoms with E-state index >= 15 is 0 Å². The number of nitrogens with zero attached hydrogens (tertiary/aromatic N) is 2. The molecule has 0 saturated heterocycles. The Labute approximate surface area is 86.2 Å². The molecule has 2 aromatic rings. The second-order valence-corrected chi connectivity index (χ2v) is 3.25. The molecule has 0 fully saturated rings. The van der Waals surface area contributed by atoms with Gasteiger partial charge in [0.25, 0.3) is 0 Å². The van der Waals surface area contributed by atoms with E-state index < -0.39 is 0 Å². The molecule has 0 aliphatic heterocycles. The third-order valence-corrected chi connectivity index (χ3v) is 2.03. The van der Waals surface area contributed by atoms with Crippen molar-refractivity contribution in [1.29, 1.82) is 0 Å². The van der Waals surface area contributed by atoms with Gasteiger partial charge in [-0.05, 0) is 18.2 Å². The lowest BCUT2D eigenvalue weighted by Gasteiger charge is -2.00. The molecule has 0 N–H and O–H groups in total. The van der Waals surface area contributed by atoms with E-state index in [0.717, 1.165) is 10.3 Å². The van der Waals surface area contributed by atoms with Crippen LogP contribution in [-0.4, -0.2) is 4.98 Å². The van der Waals surface area contributed by atoms with Crippen molar-refractivity contribution >= 4 is 11.6 Å². The molecule has 0 aliphatic rings.